The maximum absolute atomic E-state index is 13.8. The highest BCUT2D eigenvalue weighted by atomic mass is 32.1. The molecule has 178 valence electrons. The van der Waals surface area contributed by atoms with Crippen LogP contribution in [0, 0.1) is 19.7 Å². The fraction of sp³-hybridized carbons (Fsp3) is 0.222. The molecule has 0 spiro atoms. The van der Waals surface area contributed by atoms with E-state index < -0.39 is 5.82 Å². The van der Waals surface area contributed by atoms with Crippen molar-refractivity contribution in [2.24, 2.45) is 0 Å². The predicted molar refractivity (Wildman–Crippen MR) is 136 cm³/mol. The first kappa shape index (κ1) is 23.1. The van der Waals surface area contributed by atoms with E-state index in [-0.39, 0.29) is 11.8 Å². The predicted octanol–water partition coefficient (Wildman–Crippen LogP) is 5.44. The molecule has 1 aliphatic rings. The van der Waals surface area contributed by atoms with E-state index in [1.54, 1.807) is 24.0 Å². The Morgan fingerprint density at radius 2 is 1.80 bits per heavy atom. The van der Waals surface area contributed by atoms with Gasteiger partial charge in [-0.05, 0) is 43.2 Å². The third kappa shape index (κ3) is 4.54. The van der Waals surface area contributed by atoms with Crippen LogP contribution in [0.5, 0.6) is 0 Å². The minimum absolute atomic E-state index is 0.127. The van der Waals surface area contributed by atoms with E-state index >= 15 is 0 Å². The molecule has 2 aromatic carbocycles. The Hall–Kier alpha value is -3.62. The molecule has 8 heteroatoms. The van der Waals surface area contributed by atoms with Crippen LogP contribution < -0.4 is 5.32 Å². The van der Waals surface area contributed by atoms with Gasteiger partial charge >= 0.3 is 0 Å². The van der Waals surface area contributed by atoms with Gasteiger partial charge in [0.1, 0.15) is 10.8 Å². The lowest BCUT2D eigenvalue weighted by molar-refractivity contribution is 0.0303. The van der Waals surface area contributed by atoms with Gasteiger partial charge in [0, 0.05) is 35.1 Å². The normalized spacial score (nSPS) is 13.7. The van der Waals surface area contributed by atoms with Gasteiger partial charge in [-0.3, -0.25) is 14.6 Å². The molecule has 4 aromatic rings. The summed E-state index contributed by atoms with van der Waals surface area (Å²) in [5.41, 5.74) is 3.69. The van der Waals surface area contributed by atoms with Gasteiger partial charge < -0.3 is 15.0 Å². The number of morpholine rings is 1. The van der Waals surface area contributed by atoms with Crippen LogP contribution in [0.1, 0.15) is 32.0 Å². The Morgan fingerprint density at radius 3 is 2.54 bits per heavy atom. The molecule has 5 rings (SSSR count). The van der Waals surface area contributed by atoms with Crippen molar-refractivity contribution in [2.45, 2.75) is 13.8 Å². The molecule has 2 aromatic heterocycles. The molecule has 1 N–H and O–H groups in total. The molecule has 0 saturated carbocycles. The van der Waals surface area contributed by atoms with E-state index in [0.29, 0.717) is 59.0 Å². The first-order chi connectivity index (χ1) is 16.9. The Labute approximate surface area is 206 Å². The van der Waals surface area contributed by atoms with Crippen LogP contribution in [0.15, 0.2) is 54.6 Å². The Kier molecular flexibility index (Phi) is 6.32. The summed E-state index contributed by atoms with van der Waals surface area (Å²) in [6.07, 6.45) is 0. The number of rotatable bonds is 4. The molecule has 6 nitrogen and oxygen atoms in total. The van der Waals surface area contributed by atoms with Crippen LogP contribution >= 0.6 is 11.3 Å². The van der Waals surface area contributed by atoms with Crippen molar-refractivity contribution in [1.29, 1.82) is 0 Å². The third-order valence-corrected chi connectivity index (χ3v) is 7.32. The number of halogens is 1. The van der Waals surface area contributed by atoms with Crippen LogP contribution in [0.25, 0.3) is 21.3 Å². The van der Waals surface area contributed by atoms with Crippen molar-refractivity contribution in [3.8, 4) is 10.4 Å². The second kappa shape index (κ2) is 9.56. The second-order valence-corrected chi connectivity index (χ2v) is 9.48. The summed E-state index contributed by atoms with van der Waals surface area (Å²) in [5, 5.41) is 4.03. The number of anilines is 1. The highest BCUT2D eigenvalue weighted by Gasteiger charge is 2.28. The van der Waals surface area contributed by atoms with E-state index in [1.807, 2.05) is 37.3 Å². The molecular weight excluding hydrogens is 465 g/mol. The smallest absolute Gasteiger partial charge is 0.257 e. The number of carbonyl (C=O) groups excluding carboxylic acids is 2. The van der Waals surface area contributed by atoms with Crippen molar-refractivity contribution < 1.29 is 18.7 Å². The van der Waals surface area contributed by atoms with Crippen LogP contribution in [0.4, 0.5) is 9.39 Å². The lowest BCUT2D eigenvalue weighted by atomic mass is 10.0. The number of benzene rings is 2. The number of aromatic nitrogens is 1. The summed E-state index contributed by atoms with van der Waals surface area (Å²) in [5.74, 6) is -0.914. The zero-order valence-electron chi connectivity index (χ0n) is 19.4. The number of carbonyl (C=O) groups is 2. The maximum atomic E-state index is 13.8. The first-order valence-electron chi connectivity index (χ1n) is 11.4. The summed E-state index contributed by atoms with van der Waals surface area (Å²) < 4.78 is 19.2. The summed E-state index contributed by atoms with van der Waals surface area (Å²) in [6, 6.07) is 15.7. The van der Waals surface area contributed by atoms with E-state index in [4.69, 9.17) is 4.74 Å². The molecule has 1 fully saturated rings. The number of hydrogen-bond acceptors (Lipinski definition) is 5. The second-order valence-electron chi connectivity index (χ2n) is 8.46. The topological polar surface area (TPSA) is 71.5 Å². The van der Waals surface area contributed by atoms with E-state index in [0.717, 1.165) is 16.0 Å². The minimum Gasteiger partial charge on any atom is -0.378 e. The standard InChI is InChI=1S/C27H24FN3O3S/c1-16-14-21(20-9-8-19(28)15-22(20)29-16)25(32)30-26-23(27(33)31-10-12-34-13-11-31)17(2)24(35-26)18-6-4-3-5-7-18/h3-9,14-15H,10-13H2,1-2H3,(H,30,32). The lowest BCUT2D eigenvalue weighted by Gasteiger charge is -2.27. The number of fused-ring (bicyclic) bond motifs is 1. The zero-order valence-corrected chi connectivity index (χ0v) is 20.2. The molecule has 35 heavy (non-hydrogen) atoms. The van der Waals surface area contributed by atoms with E-state index in [1.165, 1.54) is 23.5 Å². The molecule has 0 unspecified atom stereocenters. The average molecular weight is 490 g/mol. The third-order valence-electron chi connectivity index (χ3n) is 6.07. The first-order valence-corrected chi connectivity index (χ1v) is 12.2. The quantitative estimate of drug-likeness (QED) is 0.414. The van der Waals surface area contributed by atoms with Gasteiger partial charge in [-0.25, -0.2) is 4.39 Å². The summed E-state index contributed by atoms with van der Waals surface area (Å²) in [7, 11) is 0. The van der Waals surface area contributed by atoms with Crippen molar-refractivity contribution in [3.05, 3.63) is 82.8 Å². The number of ether oxygens (including phenoxy) is 1. The summed E-state index contributed by atoms with van der Waals surface area (Å²) >= 11 is 1.38. The molecular formula is C27H24FN3O3S. The molecule has 1 saturated heterocycles. The van der Waals surface area contributed by atoms with Gasteiger partial charge in [0.25, 0.3) is 11.8 Å². The van der Waals surface area contributed by atoms with Crippen molar-refractivity contribution in [1.82, 2.24) is 9.88 Å². The molecule has 0 bridgehead atoms. The highest BCUT2D eigenvalue weighted by Crippen LogP contribution is 2.41. The van der Waals surface area contributed by atoms with Gasteiger partial charge in [-0.2, -0.15) is 0 Å². The lowest BCUT2D eigenvalue weighted by Crippen LogP contribution is -2.41. The largest absolute Gasteiger partial charge is 0.378 e. The number of aryl methyl sites for hydroxylation is 1. The number of nitrogens with zero attached hydrogens (tertiary/aromatic N) is 2. The molecule has 3 heterocycles. The Balaban J connectivity index is 1.58. The van der Waals surface area contributed by atoms with Gasteiger partial charge in [0.2, 0.25) is 0 Å². The highest BCUT2D eigenvalue weighted by molar-refractivity contribution is 7.20. The number of nitrogens with one attached hydrogen (secondary N) is 1. The SMILES string of the molecule is Cc1cc(C(=O)Nc2sc(-c3ccccc3)c(C)c2C(=O)N2CCOCC2)c2ccc(F)cc2n1. The fourth-order valence-electron chi connectivity index (χ4n) is 4.34. The Bertz CT molecular complexity index is 1420. The van der Waals surface area contributed by atoms with Gasteiger partial charge in [0.05, 0.1) is 29.9 Å². The Morgan fingerprint density at radius 1 is 1.06 bits per heavy atom. The van der Waals surface area contributed by atoms with Crippen LogP contribution in [-0.2, 0) is 4.74 Å². The maximum Gasteiger partial charge on any atom is 0.257 e. The van der Waals surface area contributed by atoms with E-state index in [9.17, 15) is 14.0 Å². The molecule has 0 atom stereocenters. The fourth-order valence-corrected chi connectivity index (χ4v) is 5.54. The molecule has 0 radical (unpaired) electrons. The van der Waals surface area contributed by atoms with Crippen LogP contribution in [-0.4, -0.2) is 48.0 Å². The minimum atomic E-state index is -0.415. The molecule has 2 amide bonds. The van der Waals surface area contributed by atoms with Crippen molar-refractivity contribution in [3.63, 3.8) is 0 Å². The van der Waals surface area contributed by atoms with Crippen molar-refractivity contribution in [2.75, 3.05) is 31.6 Å². The number of pyridine rings is 1. The molecule has 0 aliphatic carbocycles. The summed E-state index contributed by atoms with van der Waals surface area (Å²) in [4.78, 5) is 34.1. The van der Waals surface area contributed by atoms with Gasteiger partial charge in [0.15, 0.2) is 0 Å². The number of amides is 2. The zero-order chi connectivity index (χ0) is 24.5. The van der Waals surface area contributed by atoms with Crippen LogP contribution in [0.3, 0.4) is 0 Å². The van der Waals surface area contributed by atoms with Gasteiger partial charge in [-0.15, -0.1) is 11.3 Å². The monoisotopic (exact) mass is 489 g/mol. The summed E-state index contributed by atoms with van der Waals surface area (Å²) in [6.45, 7) is 5.65. The average Bonchev–Trinajstić information content (AvgIpc) is 3.19. The van der Waals surface area contributed by atoms with Crippen LogP contribution in [0.2, 0.25) is 0 Å². The van der Waals surface area contributed by atoms with E-state index in [2.05, 4.69) is 10.3 Å². The van der Waals surface area contributed by atoms with Crippen molar-refractivity contribution >= 4 is 39.1 Å². The number of thiophene rings is 1. The van der Waals surface area contributed by atoms with Gasteiger partial charge in [-0.1, -0.05) is 30.3 Å². The number of hydrogen-bond donors (Lipinski definition) is 1. The molecule has 1 aliphatic heterocycles.